The maximum absolute atomic E-state index is 12.9. The number of carbonyl (C=O) groups is 2. The first kappa shape index (κ1) is 24.9. The minimum absolute atomic E-state index is 0.0919. The summed E-state index contributed by atoms with van der Waals surface area (Å²) in [6.45, 7) is 3.41. The van der Waals surface area contributed by atoms with Crippen molar-refractivity contribution in [1.82, 2.24) is 5.32 Å². The van der Waals surface area contributed by atoms with Gasteiger partial charge in [0.05, 0.1) is 6.61 Å². The lowest BCUT2D eigenvalue weighted by Crippen LogP contribution is -2.34. The van der Waals surface area contributed by atoms with Gasteiger partial charge in [0.15, 0.2) is 5.11 Å². The van der Waals surface area contributed by atoms with Gasteiger partial charge in [0, 0.05) is 36.2 Å². The lowest BCUT2D eigenvalue weighted by atomic mass is 10.1. The highest BCUT2D eigenvalue weighted by molar-refractivity contribution is 7.80. The molecule has 0 aromatic heterocycles. The predicted octanol–water partition coefficient (Wildman–Crippen LogP) is 4.51. The molecule has 0 aliphatic carbocycles. The third-order valence-corrected chi connectivity index (χ3v) is 5.12. The van der Waals surface area contributed by atoms with E-state index in [1.807, 2.05) is 37.3 Å². The molecular weight excluding hydrogens is 450 g/mol. The number of hydrogen-bond acceptors (Lipinski definition) is 5. The van der Waals surface area contributed by atoms with Crippen LogP contribution >= 0.6 is 12.2 Å². The minimum Gasteiger partial charge on any atom is -0.491 e. The first-order valence-electron chi connectivity index (χ1n) is 10.8. The summed E-state index contributed by atoms with van der Waals surface area (Å²) < 4.78 is 10.4. The van der Waals surface area contributed by atoms with Gasteiger partial charge in [-0.1, -0.05) is 18.2 Å². The summed E-state index contributed by atoms with van der Waals surface area (Å²) in [5.41, 5.74) is 2.51. The highest BCUT2D eigenvalue weighted by Crippen LogP contribution is 2.18. The number of methoxy groups -OCH3 is 1. The fraction of sp³-hybridized carbons (Fsp3) is 0.192. The molecule has 3 aromatic rings. The Morgan fingerprint density at radius 1 is 0.882 bits per heavy atom. The first-order chi connectivity index (χ1) is 16.5. The third kappa shape index (κ3) is 6.87. The van der Waals surface area contributed by atoms with E-state index in [-0.39, 0.29) is 16.9 Å². The molecule has 0 aliphatic rings. The molecule has 0 radical (unpaired) electrons. The summed E-state index contributed by atoms with van der Waals surface area (Å²) in [6, 6.07) is 23.2. The molecule has 0 bridgehead atoms. The highest BCUT2D eigenvalue weighted by Gasteiger charge is 2.16. The Hall–Kier alpha value is -3.75. The van der Waals surface area contributed by atoms with Gasteiger partial charge in [0.25, 0.3) is 11.8 Å². The minimum atomic E-state index is -0.339. The Bertz CT molecular complexity index is 1100. The lowest BCUT2D eigenvalue weighted by molar-refractivity contribution is 0.0973. The molecular formula is C26H27N3O4S. The number of hydrogen-bond donors (Lipinski definition) is 2. The van der Waals surface area contributed by atoms with Crippen molar-refractivity contribution in [3.8, 4) is 5.75 Å². The quantitative estimate of drug-likeness (QED) is 0.349. The van der Waals surface area contributed by atoms with Crippen LogP contribution in [0.4, 0.5) is 11.4 Å². The van der Waals surface area contributed by atoms with Crippen LogP contribution < -0.4 is 20.3 Å². The van der Waals surface area contributed by atoms with Crippen LogP contribution in [0.3, 0.4) is 0 Å². The van der Waals surface area contributed by atoms with Crippen LogP contribution in [-0.4, -0.2) is 43.8 Å². The fourth-order valence-electron chi connectivity index (χ4n) is 3.19. The molecule has 0 saturated carbocycles. The Morgan fingerprint density at radius 3 is 2.15 bits per heavy atom. The monoisotopic (exact) mass is 477 g/mol. The number of rotatable bonds is 9. The van der Waals surface area contributed by atoms with Crippen molar-refractivity contribution in [2.24, 2.45) is 0 Å². The number of nitrogens with one attached hydrogen (secondary N) is 2. The molecule has 0 atom stereocenters. The van der Waals surface area contributed by atoms with Crippen molar-refractivity contribution < 1.29 is 19.1 Å². The molecule has 2 N–H and O–H groups in total. The van der Waals surface area contributed by atoms with Crippen LogP contribution in [0.5, 0.6) is 5.75 Å². The largest absolute Gasteiger partial charge is 0.491 e. The maximum Gasteiger partial charge on any atom is 0.258 e. The Kier molecular flexibility index (Phi) is 9.13. The van der Waals surface area contributed by atoms with Crippen molar-refractivity contribution in [2.75, 3.05) is 37.1 Å². The summed E-state index contributed by atoms with van der Waals surface area (Å²) in [6.07, 6.45) is 0. The molecule has 176 valence electrons. The smallest absolute Gasteiger partial charge is 0.258 e. The van der Waals surface area contributed by atoms with E-state index in [4.69, 9.17) is 21.7 Å². The number of anilines is 2. The molecule has 0 fully saturated rings. The van der Waals surface area contributed by atoms with E-state index >= 15 is 0 Å². The van der Waals surface area contributed by atoms with Crippen molar-refractivity contribution in [3.63, 3.8) is 0 Å². The Labute approximate surface area is 204 Å². The normalized spacial score (nSPS) is 10.3. The first-order valence-corrected chi connectivity index (χ1v) is 11.2. The number of thiocarbonyl (C=S) groups is 1. The van der Waals surface area contributed by atoms with E-state index in [0.29, 0.717) is 42.3 Å². The van der Waals surface area contributed by atoms with Crippen LogP contribution in [-0.2, 0) is 4.74 Å². The molecule has 0 spiro atoms. The zero-order valence-corrected chi connectivity index (χ0v) is 19.9. The van der Waals surface area contributed by atoms with Gasteiger partial charge < -0.3 is 19.7 Å². The predicted molar refractivity (Wildman–Crippen MR) is 138 cm³/mol. The van der Waals surface area contributed by atoms with Crippen molar-refractivity contribution in [3.05, 3.63) is 90.0 Å². The van der Waals surface area contributed by atoms with Crippen LogP contribution in [0.1, 0.15) is 27.6 Å². The lowest BCUT2D eigenvalue weighted by Gasteiger charge is -2.21. The van der Waals surface area contributed by atoms with Crippen molar-refractivity contribution in [2.45, 2.75) is 6.92 Å². The number of carbonyl (C=O) groups excluding carboxylic acids is 2. The molecule has 3 rings (SSSR count). The van der Waals surface area contributed by atoms with Gasteiger partial charge in [0.1, 0.15) is 12.4 Å². The summed E-state index contributed by atoms with van der Waals surface area (Å²) in [5.74, 6) is 0.220. The molecule has 3 aromatic carbocycles. The fourth-order valence-corrected chi connectivity index (χ4v) is 3.40. The second kappa shape index (κ2) is 12.5. The molecule has 0 heterocycles. The number of nitrogens with zero attached hydrogens (tertiary/aromatic N) is 1. The van der Waals surface area contributed by atoms with E-state index in [0.717, 1.165) is 5.69 Å². The van der Waals surface area contributed by atoms with E-state index in [1.54, 1.807) is 60.5 Å². The van der Waals surface area contributed by atoms with Crippen LogP contribution in [0.2, 0.25) is 0 Å². The molecule has 7 nitrogen and oxygen atoms in total. The second-order valence-corrected chi connectivity index (χ2v) is 7.64. The van der Waals surface area contributed by atoms with Gasteiger partial charge in [-0.2, -0.15) is 0 Å². The van der Waals surface area contributed by atoms with Gasteiger partial charge in [-0.15, -0.1) is 0 Å². The summed E-state index contributed by atoms with van der Waals surface area (Å²) in [7, 11) is 1.60. The van der Waals surface area contributed by atoms with Gasteiger partial charge in [-0.05, 0) is 79.8 Å². The molecule has 34 heavy (non-hydrogen) atoms. The second-order valence-electron chi connectivity index (χ2n) is 7.24. The number of benzene rings is 3. The average Bonchev–Trinajstić information content (AvgIpc) is 2.86. The van der Waals surface area contributed by atoms with Crippen molar-refractivity contribution in [1.29, 1.82) is 0 Å². The topological polar surface area (TPSA) is 79.9 Å². The zero-order valence-electron chi connectivity index (χ0n) is 19.1. The standard InChI is InChI=1S/C26H27N3O4S/c1-3-29(22-7-5-4-6-8-22)25(31)20-9-13-21(14-10-20)27-26(34)28-24(30)19-11-15-23(16-12-19)33-18-17-32-2/h4-16H,3,17-18H2,1-2H3,(H2,27,28,30,34). The summed E-state index contributed by atoms with van der Waals surface area (Å²) in [5, 5.41) is 5.77. The van der Waals surface area contributed by atoms with Crippen LogP contribution in [0.15, 0.2) is 78.9 Å². The SMILES string of the molecule is CCN(C(=O)c1ccc(NC(=S)NC(=O)c2ccc(OCCOC)cc2)cc1)c1ccccc1. The highest BCUT2D eigenvalue weighted by atomic mass is 32.1. The average molecular weight is 478 g/mol. The third-order valence-electron chi connectivity index (χ3n) is 4.92. The maximum atomic E-state index is 12.9. The van der Waals surface area contributed by atoms with Gasteiger partial charge in [0.2, 0.25) is 0 Å². The number of para-hydroxylation sites is 1. The van der Waals surface area contributed by atoms with E-state index < -0.39 is 0 Å². The molecule has 2 amide bonds. The van der Waals surface area contributed by atoms with E-state index in [1.165, 1.54) is 0 Å². The number of amides is 2. The summed E-state index contributed by atoms with van der Waals surface area (Å²) >= 11 is 5.26. The molecule has 8 heteroatoms. The molecule has 0 unspecified atom stereocenters. The van der Waals surface area contributed by atoms with E-state index in [9.17, 15) is 9.59 Å². The Morgan fingerprint density at radius 2 is 1.53 bits per heavy atom. The zero-order chi connectivity index (χ0) is 24.3. The van der Waals surface area contributed by atoms with Crippen LogP contribution in [0, 0.1) is 0 Å². The molecule has 0 aliphatic heterocycles. The van der Waals surface area contributed by atoms with Gasteiger partial charge in [-0.3, -0.25) is 14.9 Å². The van der Waals surface area contributed by atoms with Crippen LogP contribution in [0.25, 0.3) is 0 Å². The Balaban J connectivity index is 1.55. The van der Waals surface area contributed by atoms with Gasteiger partial charge in [-0.25, -0.2) is 0 Å². The number of ether oxygens (including phenoxy) is 2. The summed E-state index contributed by atoms with van der Waals surface area (Å²) in [4.78, 5) is 27.1. The molecule has 0 saturated heterocycles. The van der Waals surface area contributed by atoms with Crippen molar-refractivity contribution >= 4 is 40.5 Å². The van der Waals surface area contributed by atoms with E-state index in [2.05, 4.69) is 10.6 Å². The van der Waals surface area contributed by atoms with Gasteiger partial charge >= 0.3 is 0 Å².